The molecule has 0 unspecified atom stereocenters. The molecule has 2 atom stereocenters. The van der Waals surface area contributed by atoms with Gasteiger partial charge in [-0.3, -0.25) is 10.1 Å². The van der Waals surface area contributed by atoms with Crippen molar-refractivity contribution in [1.29, 1.82) is 0 Å². The maximum Gasteiger partial charge on any atom is 0.331 e. The van der Waals surface area contributed by atoms with Gasteiger partial charge in [-0.2, -0.15) is 0 Å². The van der Waals surface area contributed by atoms with Crippen LogP contribution in [0.1, 0.15) is 11.7 Å². The van der Waals surface area contributed by atoms with E-state index in [2.05, 4.69) is 0 Å². The number of nitro benzene ring substituents is 1. The number of hydrogen-bond acceptors (Lipinski definition) is 5. The fourth-order valence-corrected chi connectivity index (χ4v) is 1.57. The Morgan fingerprint density at radius 1 is 1.47 bits per heavy atom. The molecule has 0 aliphatic carbocycles. The molecule has 1 aromatic rings. The molecule has 0 bridgehead atoms. The smallest absolute Gasteiger partial charge is 0.331 e. The molecule has 88 valence electrons. The maximum atomic E-state index is 10.8. The molecule has 0 aromatic heterocycles. The monoisotopic (exact) mass is 235 g/mol. The third-order valence-corrected chi connectivity index (χ3v) is 2.41. The summed E-state index contributed by atoms with van der Waals surface area (Å²) in [7, 11) is 0. The molecule has 6 heteroatoms. The SMILES string of the molecule is O=C1C=C[C@H]([C@H](O)c2cccc([N+](=O)[O-])c2)O1. The van der Waals surface area contributed by atoms with E-state index >= 15 is 0 Å². The topological polar surface area (TPSA) is 89.7 Å². The highest BCUT2D eigenvalue weighted by Crippen LogP contribution is 2.25. The van der Waals surface area contributed by atoms with Crippen LogP contribution in [0.15, 0.2) is 36.4 Å². The van der Waals surface area contributed by atoms with Crippen LogP contribution in [0.3, 0.4) is 0 Å². The Labute approximate surface area is 96.3 Å². The second kappa shape index (κ2) is 4.34. The van der Waals surface area contributed by atoms with Crippen molar-refractivity contribution in [2.45, 2.75) is 12.2 Å². The lowest BCUT2D eigenvalue weighted by atomic mass is 10.0. The normalized spacial score (nSPS) is 20.1. The first-order chi connectivity index (χ1) is 8.08. The standard InChI is InChI=1S/C11H9NO5/c13-10-5-4-9(17-10)11(14)7-2-1-3-8(6-7)12(15)16/h1-6,9,11,14H/t9-,11-/m1/s1. The molecule has 0 saturated heterocycles. The molecule has 0 radical (unpaired) electrons. The van der Waals surface area contributed by atoms with Crippen molar-refractivity contribution in [3.05, 3.63) is 52.1 Å². The van der Waals surface area contributed by atoms with Crippen LogP contribution in [0, 0.1) is 10.1 Å². The molecule has 1 N–H and O–H groups in total. The molecule has 17 heavy (non-hydrogen) atoms. The zero-order valence-electron chi connectivity index (χ0n) is 8.65. The minimum absolute atomic E-state index is 0.116. The van der Waals surface area contributed by atoms with Gasteiger partial charge >= 0.3 is 5.97 Å². The van der Waals surface area contributed by atoms with Gasteiger partial charge in [-0.1, -0.05) is 12.1 Å². The quantitative estimate of drug-likeness (QED) is 0.481. The van der Waals surface area contributed by atoms with Crippen LogP contribution in [-0.2, 0) is 9.53 Å². The average molecular weight is 235 g/mol. The number of rotatable bonds is 3. The van der Waals surface area contributed by atoms with Gasteiger partial charge in [0.05, 0.1) is 4.92 Å². The van der Waals surface area contributed by atoms with E-state index in [9.17, 15) is 20.0 Å². The van der Waals surface area contributed by atoms with Crippen molar-refractivity contribution in [2.24, 2.45) is 0 Å². The van der Waals surface area contributed by atoms with Crippen LogP contribution in [0.25, 0.3) is 0 Å². The number of aliphatic hydroxyl groups is 1. The van der Waals surface area contributed by atoms with Crippen LogP contribution in [0.2, 0.25) is 0 Å². The fraction of sp³-hybridized carbons (Fsp3) is 0.182. The van der Waals surface area contributed by atoms with Crippen molar-refractivity contribution in [3.8, 4) is 0 Å². The molecule has 0 fully saturated rings. The summed E-state index contributed by atoms with van der Waals surface area (Å²) in [4.78, 5) is 20.9. The van der Waals surface area contributed by atoms with Gasteiger partial charge in [-0.25, -0.2) is 4.79 Å². The van der Waals surface area contributed by atoms with Crippen LogP contribution in [-0.4, -0.2) is 22.1 Å². The van der Waals surface area contributed by atoms with E-state index < -0.39 is 23.1 Å². The van der Waals surface area contributed by atoms with Crippen molar-refractivity contribution in [1.82, 2.24) is 0 Å². The van der Waals surface area contributed by atoms with E-state index in [-0.39, 0.29) is 5.69 Å². The van der Waals surface area contributed by atoms with Gasteiger partial charge in [-0.05, 0) is 11.6 Å². The Balaban J connectivity index is 2.22. The summed E-state index contributed by atoms with van der Waals surface area (Å²) >= 11 is 0. The number of cyclic esters (lactones) is 1. The highest BCUT2D eigenvalue weighted by Gasteiger charge is 2.26. The molecular formula is C11H9NO5. The summed E-state index contributed by atoms with van der Waals surface area (Å²) in [5.74, 6) is -0.528. The minimum Gasteiger partial charge on any atom is -0.452 e. The lowest BCUT2D eigenvalue weighted by molar-refractivity contribution is -0.385. The van der Waals surface area contributed by atoms with Gasteiger partial charge in [0.2, 0.25) is 0 Å². The Kier molecular flexibility index (Phi) is 2.88. The largest absolute Gasteiger partial charge is 0.452 e. The van der Waals surface area contributed by atoms with E-state index in [1.165, 1.54) is 36.4 Å². The molecule has 0 amide bonds. The number of ether oxygens (including phenoxy) is 1. The predicted molar refractivity (Wildman–Crippen MR) is 57.1 cm³/mol. The van der Waals surface area contributed by atoms with Gasteiger partial charge < -0.3 is 9.84 Å². The summed E-state index contributed by atoms with van der Waals surface area (Å²) < 4.78 is 4.81. The molecule has 1 aromatic carbocycles. The number of non-ortho nitro benzene ring substituents is 1. The van der Waals surface area contributed by atoms with E-state index in [1.54, 1.807) is 0 Å². The number of aliphatic hydroxyl groups excluding tert-OH is 1. The lowest BCUT2D eigenvalue weighted by Crippen LogP contribution is -2.18. The third-order valence-electron chi connectivity index (χ3n) is 2.41. The van der Waals surface area contributed by atoms with Gasteiger partial charge in [-0.15, -0.1) is 0 Å². The van der Waals surface area contributed by atoms with Crippen molar-refractivity contribution in [3.63, 3.8) is 0 Å². The van der Waals surface area contributed by atoms with Gasteiger partial charge in [0.25, 0.3) is 5.69 Å². The molecule has 2 rings (SSSR count). The predicted octanol–water partition coefficient (Wildman–Crippen LogP) is 1.11. The number of esters is 1. The molecule has 6 nitrogen and oxygen atoms in total. The first-order valence-electron chi connectivity index (χ1n) is 4.89. The van der Waals surface area contributed by atoms with Crippen molar-refractivity contribution >= 4 is 11.7 Å². The number of carbonyl (C=O) groups is 1. The Bertz CT molecular complexity index is 496. The number of hydrogen-bond donors (Lipinski definition) is 1. The average Bonchev–Trinajstić information content (AvgIpc) is 2.75. The molecular weight excluding hydrogens is 226 g/mol. The van der Waals surface area contributed by atoms with E-state index in [0.717, 1.165) is 0 Å². The Morgan fingerprint density at radius 2 is 2.24 bits per heavy atom. The number of nitro groups is 1. The summed E-state index contributed by atoms with van der Waals surface area (Å²) in [6.07, 6.45) is 0.749. The molecule has 1 aliphatic heterocycles. The lowest BCUT2D eigenvalue weighted by Gasteiger charge is -2.16. The first-order valence-corrected chi connectivity index (χ1v) is 4.89. The van der Waals surface area contributed by atoms with Crippen molar-refractivity contribution in [2.75, 3.05) is 0 Å². The molecule has 0 spiro atoms. The summed E-state index contributed by atoms with van der Waals surface area (Å²) in [6, 6.07) is 5.59. The second-order valence-electron chi connectivity index (χ2n) is 3.56. The van der Waals surface area contributed by atoms with Crippen LogP contribution < -0.4 is 0 Å². The number of benzene rings is 1. The van der Waals surface area contributed by atoms with E-state index in [0.29, 0.717) is 5.56 Å². The summed E-state index contributed by atoms with van der Waals surface area (Å²) in [6.45, 7) is 0. The highest BCUT2D eigenvalue weighted by atomic mass is 16.6. The zero-order valence-corrected chi connectivity index (χ0v) is 8.65. The highest BCUT2D eigenvalue weighted by molar-refractivity contribution is 5.84. The Morgan fingerprint density at radius 3 is 2.82 bits per heavy atom. The zero-order chi connectivity index (χ0) is 12.4. The Hall–Kier alpha value is -2.21. The minimum atomic E-state index is -1.10. The third kappa shape index (κ3) is 2.31. The first kappa shape index (κ1) is 11.3. The van der Waals surface area contributed by atoms with Crippen molar-refractivity contribution < 1.29 is 19.6 Å². The van der Waals surface area contributed by atoms with Gasteiger partial charge in [0.15, 0.2) is 6.10 Å². The number of nitrogens with zero attached hydrogens (tertiary/aromatic N) is 1. The van der Waals surface area contributed by atoms with Crippen LogP contribution in [0.5, 0.6) is 0 Å². The van der Waals surface area contributed by atoms with Crippen LogP contribution >= 0.6 is 0 Å². The molecule has 1 aliphatic rings. The van der Waals surface area contributed by atoms with Gasteiger partial charge in [0, 0.05) is 18.2 Å². The second-order valence-corrected chi connectivity index (χ2v) is 3.56. The summed E-state index contributed by atoms with van der Waals surface area (Å²) in [5, 5.41) is 20.5. The maximum absolute atomic E-state index is 10.8. The van der Waals surface area contributed by atoms with E-state index in [4.69, 9.17) is 4.74 Å². The van der Waals surface area contributed by atoms with E-state index in [1.807, 2.05) is 0 Å². The van der Waals surface area contributed by atoms with Gasteiger partial charge in [0.1, 0.15) is 6.10 Å². The molecule has 1 heterocycles. The molecule has 0 saturated carbocycles. The number of carbonyl (C=O) groups excluding carboxylic acids is 1. The van der Waals surface area contributed by atoms with Crippen LogP contribution in [0.4, 0.5) is 5.69 Å². The summed E-state index contributed by atoms with van der Waals surface area (Å²) in [5.41, 5.74) is 0.221. The fourth-order valence-electron chi connectivity index (χ4n) is 1.57.